The zero-order valence-electron chi connectivity index (χ0n) is 12.4. The molecule has 2 atom stereocenters. The molecule has 1 fully saturated rings. The van der Waals surface area contributed by atoms with Crippen LogP contribution in [0.5, 0.6) is 0 Å². The minimum Gasteiger partial charge on any atom is -0.462 e. The number of amides is 1. The van der Waals surface area contributed by atoms with E-state index >= 15 is 0 Å². The smallest absolute Gasteiger partial charge is 0.271 e. The van der Waals surface area contributed by atoms with Crippen LogP contribution in [0.15, 0.2) is 22.8 Å². The molecule has 1 aliphatic rings. The van der Waals surface area contributed by atoms with Gasteiger partial charge >= 0.3 is 0 Å². The van der Waals surface area contributed by atoms with Crippen LogP contribution in [0, 0.1) is 12.8 Å². The van der Waals surface area contributed by atoms with Gasteiger partial charge in [0.05, 0.1) is 6.26 Å². The van der Waals surface area contributed by atoms with E-state index in [0.717, 1.165) is 16.3 Å². The molecule has 0 unspecified atom stereocenters. The van der Waals surface area contributed by atoms with Crippen LogP contribution in [0.25, 0.3) is 10.8 Å². The fourth-order valence-corrected chi connectivity index (χ4v) is 3.76. The Bertz CT molecular complexity index is 618. The highest BCUT2D eigenvalue weighted by atomic mass is 32.1. The van der Waals surface area contributed by atoms with E-state index in [-0.39, 0.29) is 11.9 Å². The molecule has 0 bridgehead atoms. The zero-order chi connectivity index (χ0) is 14.8. The molecule has 1 saturated carbocycles. The van der Waals surface area contributed by atoms with Crippen LogP contribution in [0.3, 0.4) is 0 Å². The summed E-state index contributed by atoms with van der Waals surface area (Å²) in [6, 6.07) is 3.97. The van der Waals surface area contributed by atoms with Crippen LogP contribution in [0.4, 0.5) is 0 Å². The number of nitrogens with zero attached hydrogens (tertiary/aromatic N) is 1. The lowest BCUT2D eigenvalue weighted by molar-refractivity contribution is 0.0905. The largest absolute Gasteiger partial charge is 0.462 e. The van der Waals surface area contributed by atoms with Crippen molar-refractivity contribution in [2.45, 2.75) is 45.6 Å². The number of hydrogen-bond donors (Lipinski definition) is 1. The van der Waals surface area contributed by atoms with Crippen LogP contribution >= 0.6 is 11.3 Å². The number of furan rings is 1. The molecule has 1 aliphatic carbocycles. The minimum atomic E-state index is -0.0553. The fraction of sp³-hybridized carbons (Fsp3) is 0.500. The number of hydrogen-bond acceptors (Lipinski definition) is 4. The van der Waals surface area contributed by atoms with E-state index in [1.165, 1.54) is 30.6 Å². The number of nitrogens with one attached hydrogen (secondary N) is 1. The van der Waals surface area contributed by atoms with Crippen LogP contribution in [-0.2, 0) is 0 Å². The molecule has 2 heterocycles. The van der Waals surface area contributed by atoms with Crippen molar-refractivity contribution in [3.8, 4) is 10.8 Å². The van der Waals surface area contributed by atoms with Crippen molar-refractivity contribution in [3.05, 3.63) is 29.0 Å². The summed E-state index contributed by atoms with van der Waals surface area (Å²) < 4.78 is 5.35. The second-order valence-corrected chi connectivity index (χ2v) is 6.95. The number of carbonyl (C=O) groups excluding carboxylic acids is 1. The average molecular weight is 304 g/mol. The fourth-order valence-electron chi connectivity index (χ4n) is 2.88. The Morgan fingerprint density at radius 2 is 2.24 bits per heavy atom. The second kappa shape index (κ2) is 6.02. The standard InChI is InChI=1S/C16H20N2O2S/c1-10-6-3-4-7-12(10)17-15(19)14-11(2)21-16(18-14)13-8-5-9-20-13/h5,8-10,12H,3-4,6-7H2,1-2H3,(H,17,19)/t10-,12-/m1/s1. The lowest BCUT2D eigenvalue weighted by Gasteiger charge is -2.29. The molecule has 2 aromatic rings. The normalized spacial score (nSPS) is 22.2. The summed E-state index contributed by atoms with van der Waals surface area (Å²) in [6.45, 7) is 4.15. The molecule has 3 rings (SSSR count). The van der Waals surface area contributed by atoms with Gasteiger partial charge in [-0.2, -0.15) is 0 Å². The van der Waals surface area contributed by atoms with Crippen molar-refractivity contribution >= 4 is 17.2 Å². The predicted octanol–water partition coefficient (Wildman–Crippen LogP) is 4.02. The first kappa shape index (κ1) is 14.3. The van der Waals surface area contributed by atoms with Crippen molar-refractivity contribution in [1.82, 2.24) is 10.3 Å². The first-order valence-electron chi connectivity index (χ1n) is 7.47. The van der Waals surface area contributed by atoms with Gasteiger partial charge in [0.2, 0.25) is 0 Å². The highest BCUT2D eigenvalue weighted by molar-refractivity contribution is 7.15. The first-order chi connectivity index (χ1) is 10.1. The Morgan fingerprint density at radius 1 is 1.43 bits per heavy atom. The molecule has 112 valence electrons. The SMILES string of the molecule is Cc1sc(-c2ccco2)nc1C(=O)N[C@@H]1CCCC[C@H]1C. The van der Waals surface area contributed by atoms with Gasteiger partial charge in [-0.15, -0.1) is 11.3 Å². The molecular weight excluding hydrogens is 284 g/mol. The highest BCUT2D eigenvalue weighted by Gasteiger charge is 2.25. The van der Waals surface area contributed by atoms with Gasteiger partial charge in [0.15, 0.2) is 10.8 Å². The Hall–Kier alpha value is -1.62. The van der Waals surface area contributed by atoms with Gasteiger partial charge in [-0.05, 0) is 37.8 Å². The molecule has 2 aromatic heterocycles. The highest BCUT2D eigenvalue weighted by Crippen LogP contribution is 2.29. The van der Waals surface area contributed by atoms with Gasteiger partial charge in [-0.3, -0.25) is 4.79 Å². The molecule has 4 nitrogen and oxygen atoms in total. The monoisotopic (exact) mass is 304 g/mol. The molecule has 0 aliphatic heterocycles. The summed E-state index contributed by atoms with van der Waals surface area (Å²) >= 11 is 1.50. The molecule has 21 heavy (non-hydrogen) atoms. The lowest BCUT2D eigenvalue weighted by Crippen LogP contribution is -2.41. The van der Waals surface area contributed by atoms with E-state index in [4.69, 9.17) is 4.42 Å². The molecule has 5 heteroatoms. The average Bonchev–Trinajstić information content (AvgIpc) is 3.10. The van der Waals surface area contributed by atoms with E-state index in [2.05, 4.69) is 17.2 Å². The third-order valence-corrected chi connectivity index (χ3v) is 5.16. The Labute approximate surface area is 128 Å². The van der Waals surface area contributed by atoms with E-state index < -0.39 is 0 Å². The maximum Gasteiger partial charge on any atom is 0.271 e. The van der Waals surface area contributed by atoms with Crippen molar-refractivity contribution in [3.63, 3.8) is 0 Å². The van der Waals surface area contributed by atoms with E-state index in [0.29, 0.717) is 17.4 Å². The third-order valence-electron chi connectivity index (χ3n) is 4.17. The summed E-state index contributed by atoms with van der Waals surface area (Å²) in [6.07, 6.45) is 6.35. The molecule has 1 amide bonds. The molecular formula is C16H20N2O2S. The minimum absolute atomic E-state index is 0.0553. The number of rotatable bonds is 3. The molecule has 1 N–H and O–H groups in total. The van der Waals surface area contributed by atoms with Crippen molar-refractivity contribution in [1.29, 1.82) is 0 Å². The quantitative estimate of drug-likeness (QED) is 0.931. The number of thiazole rings is 1. The van der Waals surface area contributed by atoms with E-state index in [9.17, 15) is 4.79 Å². The van der Waals surface area contributed by atoms with Crippen LogP contribution in [-0.4, -0.2) is 16.9 Å². The van der Waals surface area contributed by atoms with E-state index in [1.807, 2.05) is 19.1 Å². The lowest BCUT2D eigenvalue weighted by atomic mass is 9.86. The summed E-state index contributed by atoms with van der Waals surface area (Å²) in [7, 11) is 0. The first-order valence-corrected chi connectivity index (χ1v) is 8.29. The van der Waals surface area contributed by atoms with Gasteiger partial charge in [0, 0.05) is 10.9 Å². The summed E-state index contributed by atoms with van der Waals surface area (Å²) in [5.74, 6) is 1.21. The molecule has 0 saturated heterocycles. The second-order valence-electron chi connectivity index (χ2n) is 5.74. The summed E-state index contributed by atoms with van der Waals surface area (Å²) in [5.41, 5.74) is 0.532. The zero-order valence-corrected chi connectivity index (χ0v) is 13.2. The maximum absolute atomic E-state index is 12.5. The molecule has 0 spiro atoms. The number of carbonyl (C=O) groups is 1. The molecule has 0 aromatic carbocycles. The van der Waals surface area contributed by atoms with Gasteiger partial charge < -0.3 is 9.73 Å². The number of aromatic nitrogens is 1. The Balaban J connectivity index is 1.75. The van der Waals surface area contributed by atoms with Crippen molar-refractivity contribution < 1.29 is 9.21 Å². The number of aryl methyl sites for hydroxylation is 1. The van der Waals surface area contributed by atoms with Crippen LogP contribution in [0.2, 0.25) is 0 Å². The van der Waals surface area contributed by atoms with Gasteiger partial charge in [-0.25, -0.2) is 4.98 Å². The predicted molar refractivity (Wildman–Crippen MR) is 83.4 cm³/mol. The van der Waals surface area contributed by atoms with E-state index in [1.54, 1.807) is 6.26 Å². The van der Waals surface area contributed by atoms with Crippen LogP contribution in [0.1, 0.15) is 48.0 Å². The third kappa shape index (κ3) is 3.02. The van der Waals surface area contributed by atoms with Crippen molar-refractivity contribution in [2.24, 2.45) is 5.92 Å². The van der Waals surface area contributed by atoms with Gasteiger partial charge in [-0.1, -0.05) is 19.8 Å². The Kier molecular flexibility index (Phi) is 4.10. The van der Waals surface area contributed by atoms with Gasteiger partial charge in [0.25, 0.3) is 5.91 Å². The van der Waals surface area contributed by atoms with Gasteiger partial charge in [0.1, 0.15) is 5.69 Å². The van der Waals surface area contributed by atoms with Crippen LogP contribution < -0.4 is 5.32 Å². The summed E-state index contributed by atoms with van der Waals surface area (Å²) in [4.78, 5) is 17.9. The summed E-state index contributed by atoms with van der Waals surface area (Å²) in [5, 5.41) is 3.92. The maximum atomic E-state index is 12.5. The van der Waals surface area contributed by atoms with Crippen molar-refractivity contribution in [2.75, 3.05) is 0 Å². The molecule has 0 radical (unpaired) electrons. The Morgan fingerprint density at radius 3 is 2.95 bits per heavy atom. The topological polar surface area (TPSA) is 55.1 Å².